The van der Waals surface area contributed by atoms with E-state index >= 15 is 0 Å². The molecule has 0 aliphatic carbocycles. The normalized spacial score (nSPS) is 16.5. The Hall–Kier alpha value is -0.260. The Kier molecular flexibility index (Phi) is 8.64. The lowest BCUT2D eigenvalue weighted by Crippen LogP contribution is -2.49. The van der Waals surface area contributed by atoms with Crippen LogP contribution in [0.3, 0.4) is 0 Å². The molecule has 0 saturated heterocycles. The van der Waals surface area contributed by atoms with Crippen molar-refractivity contribution in [3.05, 3.63) is 0 Å². The van der Waals surface area contributed by atoms with Gasteiger partial charge >= 0.3 is 5.97 Å². The number of carboxylic acids is 1. The Morgan fingerprint density at radius 1 is 1.53 bits per heavy atom. The summed E-state index contributed by atoms with van der Waals surface area (Å²) in [5.41, 5.74) is -0.777. The van der Waals surface area contributed by atoms with Gasteiger partial charge in [0.1, 0.15) is 5.54 Å². The van der Waals surface area contributed by atoms with Gasteiger partial charge < -0.3 is 15.5 Å². The van der Waals surface area contributed by atoms with Crippen LogP contribution in [0.2, 0.25) is 0 Å². The molecule has 5 heteroatoms. The molecule has 0 radical (unpaired) electrons. The van der Waals surface area contributed by atoms with Gasteiger partial charge in [-0.2, -0.15) is 11.8 Å². The lowest BCUT2D eigenvalue weighted by Gasteiger charge is -2.27. The highest BCUT2D eigenvalue weighted by atomic mass is 32.2. The first-order chi connectivity index (χ1) is 8.02. The summed E-state index contributed by atoms with van der Waals surface area (Å²) in [4.78, 5) is 11.2. The zero-order chi connectivity index (χ0) is 13.3. The van der Waals surface area contributed by atoms with Crippen LogP contribution in [0.25, 0.3) is 0 Å². The smallest absolute Gasteiger partial charge is 0.323 e. The molecule has 102 valence electrons. The van der Waals surface area contributed by atoms with E-state index in [9.17, 15) is 9.90 Å². The average molecular weight is 263 g/mol. The van der Waals surface area contributed by atoms with Gasteiger partial charge in [0.2, 0.25) is 0 Å². The molecule has 0 saturated carbocycles. The number of carboxylic acid groups (broad SMARTS) is 1. The molecule has 0 fully saturated rings. The molecule has 0 aromatic rings. The van der Waals surface area contributed by atoms with Gasteiger partial charge in [-0.3, -0.25) is 4.79 Å². The molecular formula is C12H25NO3S. The minimum atomic E-state index is -0.777. The number of carbonyl (C=O) groups is 1. The van der Waals surface area contributed by atoms with Crippen LogP contribution in [0.5, 0.6) is 0 Å². The molecular weight excluding hydrogens is 238 g/mol. The predicted octanol–water partition coefficient (Wildman–Crippen LogP) is 1.72. The van der Waals surface area contributed by atoms with E-state index in [1.165, 1.54) is 0 Å². The van der Waals surface area contributed by atoms with E-state index in [1.807, 2.05) is 6.92 Å². The van der Waals surface area contributed by atoms with Crippen LogP contribution >= 0.6 is 11.8 Å². The van der Waals surface area contributed by atoms with Gasteiger partial charge in [0.15, 0.2) is 0 Å². The van der Waals surface area contributed by atoms with Crippen molar-refractivity contribution >= 4 is 17.7 Å². The number of aliphatic hydroxyl groups excluding tert-OH is 1. The van der Waals surface area contributed by atoms with Gasteiger partial charge in [0, 0.05) is 11.9 Å². The summed E-state index contributed by atoms with van der Waals surface area (Å²) in [7, 11) is 1.71. The summed E-state index contributed by atoms with van der Waals surface area (Å²) in [5, 5.41) is 21.4. The topological polar surface area (TPSA) is 69.6 Å². The van der Waals surface area contributed by atoms with Crippen LogP contribution in [-0.4, -0.2) is 46.4 Å². The SMILES string of the molecule is CCC(CCCSC(C)CCO)(NC)C(=O)O. The van der Waals surface area contributed by atoms with Gasteiger partial charge in [-0.05, 0) is 38.5 Å². The quantitative estimate of drug-likeness (QED) is 0.524. The Morgan fingerprint density at radius 3 is 2.59 bits per heavy atom. The van der Waals surface area contributed by atoms with Gasteiger partial charge in [-0.15, -0.1) is 0 Å². The molecule has 0 aliphatic rings. The predicted molar refractivity (Wildman–Crippen MR) is 72.6 cm³/mol. The molecule has 0 aliphatic heterocycles. The van der Waals surface area contributed by atoms with E-state index in [1.54, 1.807) is 18.8 Å². The lowest BCUT2D eigenvalue weighted by molar-refractivity contribution is -0.145. The van der Waals surface area contributed by atoms with Crippen molar-refractivity contribution in [3.63, 3.8) is 0 Å². The number of aliphatic hydroxyl groups is 1. The molecule has 2 unspecified atom stereocenters. The Bertz CT molecular complexity index is 220. The molecule has 0 bridgehead atoms. The monoisotopic (exact) mass is 263 g/mol. The number of thioether (sulfide) groups is 1. The summed E-state index contributed by atoms with van der Waals surface area (Å²) in [6, 6.07) is 0. The second-order valence-electron chi connectivity index (χ2n) is 4.29. The fraction of sp³-hybridized carbons (Fsp3) is 0.917. The van der Waals surface area contributed by atoms with E-state index in [0.29, 0.717) is 18.1 Å². The highest BCUT2D eigenvalue weighted by Gasteiger charge is 2.33. The number of hydrogen-bond donors (Lipinski definition) is 3. The third-order valence-corrected chi connectivity index (χ3v) is 4.51. The largest absolute Gasteiger partial charge is 0.480 e. The van der Waals surface area contributed by atoms with Crippen molar-refractivity contribution in [3.8, 4) is 0 Å². The van der Waals surface area contributed by atoms with Crippen LogP contribution in [0, 0.1) is 0 Å². The number of nitrogens with one attached hydrogen (secondary N) is 1. The lowest BCUT2D eigenvalue weighted by atomic mass is 9.91. The van der Waals surface area contributed by atoms with Crippen molar-refractivity contribution in [2.24, 2.45) is 0 Å². The van der Waals surface area contributed by atoms with Gasteiger partial charge in [-0.25, -0.2) is 0 Å². The summed E-state index contributed by atoms with van der Waals surface area (Å²) >= 11 is 1.79. The molecule has 2 atom stereocenters. The fourth-order valence-electron chi connectivity index (χ4n) is 1.77. The minimum absolute atomic E-state index is 0.221. The first-order valence-corrected chi connectivity index (χ1v) is 7.22. The molecule has 0 aromatic carbocycles. The first-order valence-electron chi connectivity index (χ1n) is 6.17. The summed E-state index contributed by atoms with van der Waals surface area (Å²) in [6.45, 7) is 4.20. The van der Waals surface area contributed by atoms with Crippen molar-refractivity contribution in [1.82, 2.24) is 5.32 Å². The van der Waals surface area contributed by atoms with Gasteiger partial charge in [0.25, 0.3) is 0 Å². The van der Waals surface area contributed by atoms with Crippen LogP contribution in [-0.2, 0) is 4.79 Å². The Labute approximate surface area is 108 Å². The molecule has 0 spiro atoms. The summed E-state index contributed by atoms with van der Waals surface area (Å²) in [5.74, 6) is 0.175. The fourth-order valence-corrected chi connectivity index (χ4v) is 2.75. The molecule has 0 heterocycles. The molecule has 0 amide bonds. The maximum Gasteiger partial charge on any atom is 0.323 e. The van der Waals surface area contributed by atoms with E-state index < -0.39 is 11.5 Å². The maximum atomic E-state index is 11.2. The van der Waals surface area contributed by atoms with E-state index in [-0.39, 0.29) is 6.61 Å². The Balaban J connectivity index is 3.95. The third-order valence-electron chi connectivity index (χ3n) is 3.18. The number of rotatable bonds is 10. The van der Waals surface area contributed by atoms with Crippen LogP contribution in [0.15, 0.2) is 0 Å². The number of aliphatic carboxylic acids is 1. The van der Waals surface area contributed by atoms with E-state index in [2.05, 4.69) is 12.2 Å². The minimum Gasteiger partial charge on any atom is -0.480 e. The highest BCUT2D eigenvalue weighted by Crippen LogP contribution is 2.21. The zero-order valence-corrected chi connectivity index (χ0v) is 11.8. The molecule has 17 heavy (non-hydrogen) atoms. The second-order valence-corrected chi connectivity index (χ2v) is 5.83. The molecule has 0 aromatic heterocycles. The van der Waals surface area contributed by atoms with Gasteiger partial charge in [0.05, 0.1) is 0 Å². The van der Waals surface area contributed by atoms with Crippen LogP contribution in [0.4, 0.5) is 0 Å². The van der Waals surface area contributed by atoms with E-state index in [4.69, 9.17) is 5.11 Å². The van der Waals surface area contributed by atoms with Crippen molar-refractivity contribution in [1.29, 1.82) is 0 Å². The summed E-state index contributed by atoms with van der Waals surface area (Å²) in [6.07, 6.45) is 2.92. The second kappa shape index (κ2) is 8.78. The van der Waals surface area contributed by atoms with Crippen LogP contribution in [0.1, 0.15) is 39.5 Å². The Morgan fingerprint density at radius 2 is 2.18 bits per heavy atom. The highest BCUT2D eigenvalue weighted by molar-refractivity contribution is 7.99. The first kappa shape index (κ1) is 16.7. The standard InChI is InChI=1S/C12H25NO3S/c1-4-12(13-3,11(15)16)7-5-9-17-10(2)6-8-14/h10,13-14H,4-9H2,1-3H3,(H,15,16). The van der Waals surface area contributed by atoms with Crippen LogP contribution < -0.4 is 5.32 Å². The van der Waals surface area contributed by atoms with Gasteiger partial charge in [-0.1, -0.05) is 13.8 Å². The number of likely N-dealkylation sites (N-methyl/N-ethyl adjacent to an activating group) is 1. The summed E-state index contributed by atoms with van der Waals surface area (Å²) < 4.78 is 0. The average Bonchev–Trinajstić information content (AvgIpc) is 2.30. The maximum absolute atomic E-state index is 11.2. The van der Waals surface area contributed by atoms with Crippen molar-refractivity contribution < 1.29 is 15.0 Å². The molecule has 4 nitrogen and oxygen atoms in total. The molecule has 0 rings (SSSR count). The number of hydrogen-bond acceptors (Lipinski definition) is 4. The molecule has 3 N–H and O–H groups in total. The third kappa shape index (κ3) is 5.75. The van der Waals surface area contributed by atoms with E-state index in [0.717, 1.165) is 18.6 Å². The van der Waals surface area contributed by atoms with Crippen molar-refractivity contribution in [2.45, 2.75) is 50.3 Å². The zero-order valence-electron chi connectivity index (χ0n) is 11.0. The van der Waals surface area contributed by atoms with Crippen molar-refractivity contribution in [2.75, 3.05) is 19.4 Å².